The Morgan fingerprint density at radius 1 is 1.44 bits per heavy atom. The molecule has 0 unspecified atom stereocenters. The molecule has 1 heterocycles. The largest absolute Gasteiger partial charge is 0.487 e. The predicted molar refractivity (Wildman–Crippen MR) is 66.0 cm³/mol. The first-order valence-corrected chi connectivity index (χ1v) is 6.13. The SMILES string of the molecule is Cc1ccc(OCc2cncn2C2CC2)cc1F. The number of nitrogens with zero attached hydrogens (tertiary/aromatic N) is 2. The molecule has 3 rings (SSSR count). The van der Waals surface area contributed by atoms with Crippen LogP contribution in [0, 0.1) is 12.7 Å². The quantitative estimate of drug-likeness (QED) is 0.828. The molecule has 0 atom stereocenters. The zero-order chi connectivity index (χ0) is 12.5. The fourth-order valence-electron chi connectivity index (χ4n) is 1.95. The Bertz CT molecular complexity index is 561. The van der Waals surface area contributed by atoms with Gasteiger partial charge in [-0.3, -0.25) is 0 Å². The number of benzene rings is 1. The Balaban J connectivity index is 1.69. The molecule has 0 radical (unpaired) electrons. The number of hydrogen-bond donors (Lipinski definition) is 0. The standard InChI is InChI=1S/C14H15FN2O/c1-10-2-5-13(6-14(10)15)18-8-12-7-16-9-17(12)11-3-4-11/h2,5-7,9,11H,3-4,8H2,1H3. The van der Waals surface area contributed by atoms with Crippen molar-refractivity contribution in [1.82, 2.24) is 9.55 Å². The maximum Gasteiger partial charge on any atom is 0.130 e. The predicted octanol–water partition coefficient (Wildman–Crippen LogP) is 3.24. The molecular formula is C14H15FN2O. The van der Waals surface area contributed by atoms with Gasteiger partial charge in [-0.25, -0.2) is 9.37 Å². The zero-order valence-corrected chi connectivity index (χ0v) is 10.3. The first kappa shape index (κ1) is 11.3. The van der Waals surface area contributed by atoms with Gasteiger partial charge in [0.2, 0.25) is 0 Å². The second-order valence-corrected chi connectivity index (χ2v) is 4.72. The smallest absolute Gasteiger partial charge is 0.130 e. The molecule has 0 N–H and O–H groups in total. The summed E-state index contributed by atoms with van der Waals surface area (Å²) in [6.07, 6.45) is 6.07. The van der Waals surface area contributed by atoms with E-state index in [4.69, 9.17) is 4.74 Å². The van der Waals surface area contributed by atoms with Crippen molar-refractivity contribution in [2.24, 2.45) is 0 Å². The minimum atomic E-state index is -0.233. The van der Waals surface area contributed by atoms with E-state index >= 15 is 0 Å². The summed E-state index contributed by atoms with van der Waals surface area (Å²) in [5.41, 5.74) is 1.67. The van der Waals surface area contributed by atoms with Crippen molar-refractivity contribution < 1.29 is 9.13 Å². The Hall–Kier alpha value is -1.84. The van der Waals surface area contributed by atoms with E-state index in [1.54, 1.807) is 19.1 Å². The van der Waals surface area contributed by atoms with E-state index in [2.05, 4.69) is 9.55 Å². The van der Waals surface area contributed by atoms with Gasteiger partial charge >= 0.3 is 0 Å². The topological polar surface area (TPSA) is 27.1 Å². The summed E-state index contributed by atoms with van der Waals surface area (Å²) < 4.78 is 21.1. The van der Waals surface area contributed by atoms with Crippen LogP contribution in [0.1, 0.15) is 30.1 Å². The van der Waals surface area contributed by atoms with E-state index in [0.29, 0.717) is 24.0 Å². The van der Waals surface area contributed by atoms with Crippen molar-refractivity contribution in [2.75, 3.05) is 0 Å². The lowest BCUT2D eigenvalue weighted by Gasteiger charge is -2.09. The van der Waals surface area contributed by atoms with Crippen molar-refractivity contribution in [3.63, 3.8) is 0 Å². The van der Waals surface area contributed by atoms with E-state index in [1.807, 2.05) is 12.5 Å². The third-order valence-corrected chi connectivity index (χ3v) is 3.22. The molecule has 1 aliphatic rings. The Kier molecular flexibility index (Phi) is 2.78. The van der Waals surface area contributed by atoms with E-state index in [-0.39, 0.29) is 5.82 Å². The van der Waals surface area contributed by atoms with E-state index in [9.17, 15) is 4.39 Å². The first-order valence-electron chi connectivity index (χ1n) is 6.13. The molecule has 94 valence electrons. The summed E-state index contributed by atoms with van der Waals surface area (Å²) >= 11 is 0. The highest BCUT2D eigenvalue weighted by molar-refractivity contribution is 5.28. The summed E-state index contributed by atoms with van der Waals surface area (Å²) in [7, 11) is 0. The van der Waals surface area contributed by atoms with Gasteiger partial charge in [0.15, 0.2) is 0 Å². The van der Waals surface area contributed by atoms with Crippen LogP contribution in [-0.4, -0.2) is 9.55 Å². The van der Waals surface area contributed by atoms with Crippen LogP contribution in [0.3, 0.4) is 0 Å². The van der Waals surface area contributed by atoms with Crippen LogP contribution in [0.25, 0.3) is 0 Å². The highest BCUT2D eigenvalue weighted by Gasteiger charge is 2.25. The summed E-state index contributed by atoms with van der Waals surface area (Å²) in [5, 5.41) is 0. The second kappa shape index (κ2) is 4.44. The van der Waals surface area contributed by atoms with Gasteiger partial charge in [0.25, 0.3) is 0 Å². The third kappa shape index (κ3) is 2.23. The van der Waals surface area contributed by atoms with E-state index < -0.39 is 0 Å². The van der Waals surface area contributed by atoms with E-state index in [0.717, 1.165) is 5.69 Å². The molecule has 1 fully saturated rings. The molecular weight excluding hydrogens is 231 g/mol. The number of aryl methyl sites for hydroxylation is 1. The molecule has 0 saturated heterocycles. The number of rotatable bonds is 4. The summed E-state index contributed by atoms with van der Waals surface area (Å²) in [6, 6.07) is 5.52. The van der Waals surface area contributed by atoms with Crippen LogP contribution in [0.15, 0.2) is 30.7 Å². The second-order valence-electron chi connectivity index (χ2n) is 4.72. The minimum absolute atomic E-state index is 0.233. The van der Waals surface area contributed by atoms with E-state index in [1.165, 1.54) is 18.9 Å². The fourth-order valence-corrected chi connectivity index (χ4v) is 1.95. The Morgan fingerprint density at radius 3 is 3.00 bits per heavy atom. The highest BCUT2D eigenvalue weighted by atomic mass is 19.1. The van der Waals surface area contributed by atoms with Gasteiger partial charge in [-0.15, -0.1) is 0 Å². The lowest BCUT2D eigenvalue weighted by atomic mass is 10.2. The molecule has 18 heavy (non-hydrogen) atoms. The van der Waals surface area contributed by atoms with Gasteiger partial charge in [-0.2, -0.15) is 0 Å². The molecule has 4 heteroatoms. The number of imidazole rings is 1. The van der Waals surface area contributed by atoms with Gasteiger partial charge in [0.05, 0.1) is 18.2 Å². The third-order valence-electron chi connectivity index (χ3n) is 3.22. The number of ether oxygens (including phenoxy) is 1. The summed E-state index contributed by atoms with van der Waals surface area (Å²) in [6.45, 7) is 2.17. The molecule has 0 spiro atoms. The molecule has 3 nitrogen and oxygen atoms in total. The lowest BCUT2D eigenvalue weighted by molar-refractivity contribution is 0.293. The van der Waals surface area contributed by atoms with Crippen LogP contribution in [0.5, 0.6) is 5.75 Å². The fraction of sp³-hybridized carbons (Fsp3) is 0.357. The Morgan fingerprint density at radius 2 is 2.28 bits per heavy atom. The van der Waals surface area contributed by atoms with Gasteiger partial charge in [-0.05, 0) is 31.4 Å². The molecule has 0 amide bonds. The number of hydrogen-bond acceptors (Lipinski definition) is 2. The highest BCUT2D eigenvalue weighted by Crippen LogP contribution is 2.35. The zero-order valence-electron chi connectivity index (χ0n) is 10.3. The van der Waals surface area contributed by atoms with Gasteiger partial charge in [0, 0.05) is 12.1 Å². The average Bonchev–Trinajstić information content (AvgIpc) is 3.10. The number of halogens is 1. The molecule has 1 aliphatic carbocycles. The summed E-state index contributed by atoms with van der Waals surface area (Å²) in [4.78, 5) is 4.14. The molecule has 2 aromatic rings. The van der Waals surface area contributed by atoms with Crippen LogP contribution in [-0.2, 0) is 6.61 Å². The summed E-state index contributed by atoms with van der Waals surface area (Å²) in [5.74, 6) is 0.324. The van der Waals surface area contributed by atoms with Crippen molar-refractivity contribution in [3.05, 3.63) is 47.8 Å². The van der Waals surface area contributed by atoms with Crippen LogP contribution in [0.2, 0.25) is 0 Å². The van der Waals surface area contributed by atoms with Gasteiger partial charge in [-0.1, -0.05) is 6.07 Å². The molecule has 1 saturated carbocycles. The van der Waals surface area contributed by atoms with Crippen LogP contribution in [0.4, 0.5) is 4.39 Å². The molecule has 1 aromatic heterocycles. The monoisotopic (exact) mass is 246 g/mol. The Labute approximate surface area is 105 Å². The normalized spacial score (nSPS) is 14.8. The maximum absolute atomic E-state index is 13.4. The maximum atomic E-state index is 13.4. The van der Waals surface area contributed by atoms with Crippen molar-refractivity contribution in [1.29, 1.82) is 0 Å². The average molecular weight is 246 g/mol. The minimum Gasteiger partial charge on any atom is -0.487 e. The van der Waals surface area contributed by atoms with Crippen molar-refractivity contribution in [3.8, 4) is 5.75 Å². The first-order chi connectivity index (χ1) is 8.74. The molecule has 0 bridgehead atoms. The van der Waals surface area contributed by atoms with Crippen LogP contribution < -0.4 is 4.74 Å². The van der Waals surface area contributed by atoms with Crippen molar-refractivity contribution >= 4 is 0 Å². The molecule has 0 aliphatic heterocycles. The lowest BCUT2D eigenvalue weighted by Crippen LogP contribution is -2.03. The molecule has 1 aromatic carbocycles. The van der Waals surface area contributed by atoms with Gasteiger partial charge in [0.1, 0.15) is 18.2 Å². The van der Waals surface area contributed by atoms with Crippen LogP contribution >= 0.6 is 0 Å². The van der Waals surface area contributed by atoms with Crippen molar-refractivity contribution in [2.45, 2.75) is 32.4 Å². The van der Waals surface area contributed by atoms with Gasteiger partial charge < -0.3 is 9.30 Å². The number of aromatic nitrogens is 2.